The molecule has 2 N–H and O–H groups in total. The number of aromatic carboxylic acids is 1. The zero-order valence-corrected chi connectivity index (χ0v) is 6.84. The maximum absolute atomic E-state index is 10.6. The van der Waals surface area contributed by atoms with E-state index in [9.17, 15) is 9.59 Å². The minimum atomic E-state index is -1.07. The van der Waals surface area contributed by atoms with Crippen LogP contribution in [-0.2, 0) is 0 Å². The highest BCUT2D eigenvalue weighted by Gasteiger charge is 2.16. The number of aryl methyl sites for hydroxylation is 1. The molecule has 12 heavy (non-hydrogen) atoms. The highest BCUT2D eigenvalue weighted by atomic mass is 16.4. The van der Waals surface area contributed by atoms with Gasteiger partial charge in [-0.05, 0) is 19.4 Å². The minimum absolute atomic E-state index is 0.0718. The van der Waals surface area contributed by atoms with Crippen molar-refractivity contribution >= 4 is 12.3 Å². The number of carboxylic acids is 1. The van der Waals surface area contributed by atoms with E-state index in [1.54, 1.807) is 13.8 Å². The third-order valence-corrected chi connectivity index (χ3v) is 1.86. The number of carbonyl (C=O) groups excluding carboxylic acids is 1. The van der Waals surface area contributed by atoms with Gasteiger partial charge in [0.15, 0.2) is 6.29 Å². The van der Waals surface area contributed by atoms with Crippen molar-refractivity contribution in [2.45, 2.75) is 13.8 Å². The largest absolute Gasteiger partial charge is 0.478 e. The van der Waals surface area contributed by atoms with E-state index in [1.165, 1.54) is 0 Å². The first kappa shape index (κ1) is 8.52. The Balaban J connectivity index is 3.40. The lowest BCUT2D eigenvalue weighted by Crippen LogP contribution is -2.00. The van der Waals surface area contributed by atoms with Crippen LogP contribution in [0.15, 0.2) is 0 Å². The summed E-state index contributed by atoms with van der Waals surface area (Å²) in [5.41, 5.74) is 1.54. The van der Waals surface area contributed by atoms with Gasteiger partial charge >= 0.3 is 5.97 Å². The van der Waals surface area contributed by atoms with E-state index >= 15 is 0 Å². The summed E-state index contributed by atoms with van der Waals surface area (Å²) in [5, 5.41) is 8.71. The van der Waals surface area contributed by atoms with E-state index in [-0.39, 0.29) is 11.3 Å². The monoisotopic (exact) mass is 167 g/mol. The molecule has 1 aromatic heterocycles. The standard InChI is InChI=1S/C8H9NO3/c1-4-5(2)9-6(3-10)7(4)8(11)12/h3,9H,1-2H3,(H,11,12). The third kappa shape index (κ3) is 1.11. The van der Waals surface area contributed by atoms with Crippen molar-refractivity contribution in [3.8, 4) is 0 Å². The van der Waals surface area contributed by atoms with Crippen LogP contribution in [0.25, 0.3) is 0 Å². The van der Waals surface area contributed by atoms with Crippen molar-refractivity contribution < 1.29 is 14.7 Å². The lowest BCUT2D eigenvalue weighted by atomic mass is 10.1. The van der Waals surface area contributed by atoms with Gasteiger partial charge in [0.05, 0.1) is 11.3 Å². The molecule has 0 bridgehead atoms. The molecule has 0 radical (unpaired) electrons. The van der Waals surface area contributed by atoms with Crippen LogP contribution in [0.2, 0.25) is 0 Å². The second-order valence-electron chi connectivity index (χ2n) is 2.59. The molecular formula is C8H9NO3. The van der Waals surface area contributed by atoms with Gasteiger partial charge < -0.3 is 10.1 Å². The summed E-state index contributed by atoms with van der Waals surface area (Å²) in [5.74, 6) is -1.07. The van der Waals surface area contributed by atoms with Crippen LogP contribution in [0.3, 0.4) is 0 Å². The fraction of sp³-hybridized carbons (Fsp3) is 0.250. The number of rotatable bonds is 2. The van der Waals surface area contributed by atoms with Crippen molar-refractivity contribution in [2.24, 2.45) is 0 Å². The molecule has 4 heteroatoms. The van der Waals surface area contributed by atoms with Crippen molar-refractivity contribution in [3.63, 3.8) is 0 Å². The Morgan fingerprint density at radius 2 is 2.08 bits per heavy atom. The smallest absolute Gasteiger partial charge is 0.338 e. The molecule has 1 rings (SSSR count). The SMILES string of the molecule is Cc1[nH]c(C=O)c(C(=O)O)c1C. The van der Waals surface area contributed by atoms with Gasteiger partial charge in [-0.25, -0.2) is 4.79 Å². The van der Waals surface area contributed by atoms with Gasteiger partial charge in [-0.15, -0.1) is 0 Å². The average molecular weight is 167 g/mol. The number of carbonyl (C=O) groups is 2. The second-order valence-corrected chi connectivity index (χ2v) is 2.59. The molecular weight excluding hydrogens is 158 g/mol. The van der Waals surface area contributed by atoms with Crippen molar-refractivity contribution in [1.82, 2.24) is 4.98 Å². The predicted octanol–water partition coefficient (Wildman–Crippen LogP) is 1.14. The molecule has 4 nitrogen and oxygen atoms in total. The first-order valence-corrected chi connectivity index (χ1v) is 3.45. The average Bonchev–Trinajstić information content (AvgIpc) is 2.28. The van der Waals surface area contributed by atoms with Crippen molar-refractivity contribution in [2.75, 3.05) is 0 Å². The Kier molecular flexibility index (Phi) is 1.99. The van der Waals surface area contributed by atoms with Crippen LogP contribution < -0.4 is 0 Å². The lowest BCUT2D eigenvalue weighted by Gasteiger charge is -1.91. The predicted molar refractivity (Wildman–Crippen MR) is 42.6 cm³/mol. The quantitative estimate of drug-likeness (QED) is 0.649. The Bertz CT molecular complexity index is 338. The Morgan fingerprint density at radius 1 is 1.50 bits per heavy atom. The molecule has 0 spiro atoms. The molecule has 0 aromatic carbocycles. The van der Waals surface area contributed by atoms with Gasteiger partial charge in [0.2, 0.25) is 0 Å². The van der Waals surface area contributed by atoms with Gasteiger partial charge in [0.25, 0.3) is 0 Å². The Morgan fingerprint density at radius 3 is 2.42 bits per heavy atom. The van der Waals surface area contributed by atoms with E-state index in [1.807, 2.05) is 0 Å². The van der Waals surface area contributed by atoms with Crippen molar-refractivity contribution in [3.05, 3.63) is 22.5 Å². The molecule has 0 amide bonds. The summed E-state index contributed by atoms with van der Waals surface area (Å²) in [6, 6.07) is 0. The van der Waals surface area contributed by atoms with Gasteiger partial charge in [-0.2, -0.15) is 0 Å². The molecule has 0 aliphatic heterocycles. The highest BCUT2D eigenvalue weighted by Crippen LogP contribution is 2.15. The van der Waals surface area contributed by atoms with Gasteiger partial charge in [0.1, 0.15) is 0 Å². The molecule has 1 aromatic rings. The van der Waals surface area contributed by atoms with E-state index in [0.717, 1.165) is 5.69 Å². The van der Waals surface area contributed by atoms with E-state index < -0.39 is 5.97 Å². The lowest BCUT2D eigenvalue weighted by molar-refractivity contribution is 0.0693. The van der Waals surface area contributed by atoms with Crippen LogP contribution in [0, 0.1) is 13.8 Å². The summed E-state index contributed by atoms with van der Waals surface area (Å²) in [7, 11) is 0. The summed E-state index contributed by atoms with van der Waals surface area (Å²) in [6.45, 7) is 3.40. The summed E-state index contributed by atoms with van der Waals surface area (Å²) < 4.78 is 0. The number of hydrogen-bond acceptors (Lipinski definition) is 2. The van der Waals surface area contributed by atoms with Gasteiger partial charge in [0, 0.05) is 5.69 Å². The topological polar surface area (TPSA) is 70.2 Å². The highest BCUT2D eigenvalue weighted by molar-refractivity contribution is 5.98. The summed E-state index contributed by atoms with van der Waals surface area (Å²) >= 11 is 0. The zero-order chi connectivity index (χ0) is 9.30. The fourth-order valence-electron chi connectivity index (χ4n) is 1.11. The minimum Gasteiger partial charge on any atom is -0.478 e. The van der Waals surface area contributed by atoms with Gasteiger partial charge in [-0.1, -0.05) is 0 Å². The first-order chi connectivity index (χ1) is 5.57. The summed E-state index contributed by atoms with van der Waals surface area (Å²) in [6.07, 6.45) is 0.517. The number of nitrogens with one attached hydrogen (secondary N) is 1. The maximum atomic E-state index is 10.6. The van der Waals surface area contributed by atoms with Crippen LogP contribution in [-0.4, -0.2) is 22.3 Å². The molecule has 0 saturated heterocycles. The van der Waals surface area contributed by atoms with E-state index in [2.05, 4.69) is 4.98 Å². The van der Waals surface area contributed by atoms with Crippen molar-refractivity contribution in [1.29, 1.82) is 0 Å². The molecule has 0 aliphatic carbocycles. The number of H-pyrrole nitrogens is 1. The van der Waals surface area contributed by atoms with Gasteiger partial charge in [-0.3, -0.25) is 4.79 Å². The number of hydrogen-bond donors (Lipinski definition) is 2. The molecule has 0 fully saturated rings. The second kappa shape index (κ2) is 2.81. The molecule has 64 valence electrons. The Hall–Kier alpha value is -1.58. The van der Waals surface area contributed by atoms with Crippen LogP contribution in [0.4, 0.5) is 0 Å². The maximum Gasteiger partial charge on any atom is 0.338 e. The molecule has 0 saturated carbocycles. The normalized spacial score (nSPS) is 9.83. The molecule has 1 heterocycles. The molecule has 0 atom stereocenters. The number of carboxylic acid groups (broad SMARTS) is 1. The Labute approximate surface area is 69.2 Å². The van der Waals surface area contributed by atoms with Crippen LogP contribution in [0.1, 0.15) is 32.1 Å². The number of aromatic amines is 1. The fourth-order valence-corrected chi connectivity index (χ4v) is 1.11. The first-order valence-electron chi connectivity index (χ1n) is 3.45. The number of aldehydes is 1. The molecule has 0 unspecified atom stereocenters. The zero-order valence-electron chi connectivity index (χ0n) is 6.84. The van der Waals surface area contributed by atoms with E-state index in [4.69, 9.17) is 5.11 Å². The third-order valence-electron chi connectivity index (χ3n) is 1.86. The van der Waals surface area contributed by atoms with E-state index in [0.29, 0.717) is 11.8 Å². The van der Waals surface area contributed by atoms with Crippen LogP contribution in [0.5, 0.6) is 0 Å². The number of aromatic nitrogens is 1. The summed E-state index contributed by atoms with van der Waals surface area (Å²) in [4.78, 5) is 23.7. The van der Waals surface area contributed by atoms with Crippen LogP contribution >= 0.6 is 0 Å². The molecule has 0 aliphatic rings.